The van der Waals surface area contributed by atoms with Gasteiger partial charge >= 0.3 is 0 Å². The molecule has 0 bridgehead atoms. The van der Waals surface area contributed by atoms with Crippen LogP contribution in [-0.2, 0) is 0 Å². The predicted molar refractivity (Wildman–Crippen MR) is 190 cm³/mol. The Morgan fingerprint density at radius 2 is 1.20 bits per heavy atom. The Bertz CT molecular complexity index is 2000. The van der Waals surface area contributed by atoms with Crippen molar-refractivity contribution in [1.82, 2.24) is 0 Å². The number of hydrogen-bond acceptors (Lipinski definition) is 1. The van der Waals surface area contributed by atoms with E-state index in [1.807, 2.05) is 0 Å². The summed E-state index contributed by atoms with van der Waals surface area (Å²) in [6, 6.07) is 42.4. The van der Waals surface area contributed by atoms with Crippen molar-refractivity contribution in [2.75, 3.05) is 0 Å². The van der Waals surface area contributed by atoms with Gasteiger partial charge in [-0.15, -0.1) is 12.6 Å². The average molecular weight is 583 g/mol. The number of benzene rings is 5. The molecule has 3 aliphatic rings. The maximum absolute atomic E-state index is 5.20. The molecule has 212 valence electrons. The van der Waals surface area contributed by atoms with E-state index in [1.54, 1.807) is 0 Å². The van der Waals surface area contributed by atoms with Crippen LogP contribution in [0.3, 0.4) is 0 Å². The highest BCUT2D eigenvalue weighted by atomic mass is 32.1. The molecule has 0 aliphatic heterocycles. The lowest BCUT2D eigenvalue weighted by Gasteiger charge is -2.34. The summed E-state index contributed by atoms with van der Waals surface area (Å²) in [5.41, 5.74) is 15.7. The molecule has 0 nitrogen and oxygen atoms in total. The van der Waals surface area contributed by atoms with Crippen LogP contribution in [0.15, 0.2) is 157 Å². The summed E-state index contributed by atoms with van der Waals surface area (Å²) < 4.78 is 0. The Balaban J connectivity index is 1.16. The first-order chi connectivity index (χ1) is 21.7. The molecule has 44 heavy (non-hydrogen) atoms. The summed E-state index contributed by atoms with van der Waals surface area (Å²) in [5.74, 6) is 0.989. The smallest absolute Gasteiger partial charge is 0.0187 e. The molecule has 5 aromatic carbocycles. The van der Waals surface area contributed by atoms with E-state index in [2.05, 4.69) is 159 Å². The molecule has 5 aromatic rings. The minimum atomic E-state index is 0.248. The Morgan fingerprint density at radius 1 is 0.568 bits per heavy atom. The predicted octanol–water partition coefficient (Wildman–Crippen LogP) is 11.7. The van der Waals surface area contributed by atoms with E-state index in [4.69, 9.17) is 12.6 Å². The van der Waals surface area contributed by atoms with Gasteiger partial charge in [0, 0.05) is 17.8 Å². The number of thiol groups is 1. The summed E-state index contributed by atoms with van der Waals surface area (Å²) in [6.45, 7) is 2.27. The number of allylic oxidation sites excluding steroid dienone is 8. The van der Waals surface area contributed by atoms with Crippen LogP contribution in [0.5, 0.6) is 0 Å². The zero-order valence-corrected chi connectivity index (χ0v) is 25.7. The third kappa shape index (κ3) is 4.55. The zero-order chi connectivity index (χ0) is 29.6. The maximum atomic E-state index is 5.20. The molecule has 0 aromatic heterocycles. The van der Waals surface area contributed by atoms with E-state index in [9.17, 15) is 0 Å². The second kappa shape index (κ2) is 11.2. The molecule has 0 saturated carbocycles. The Hall–Kier alpha value is -4.59. The fraction of sp³-hybridized carbons (Fsp3) is 0.116. The molecule has 0 amide bonds. The first-order valence-corrected chi connectivity index (χ1v) is 16.1. The molecule has 3 unspecified atom stereocenters. The second-order valence-corrected chi connectivity index (χ2v) is 12.6. The molecule has 0 radical (unpaired) electrons. The van der Waals surface area contributed by atoms with Gasteiger partial charge in [-0.05, 0) is 91.1 Å². The van der Waals surface area contributed by atoms with Crippen molar-refractivity contribution in [3.63, 3.8) is 0 Å². The van der Waals surface area contributed by atoms with Gasteiger partial charge in [-0.1, -0.05) is 146 Å². The molecule has 8 rings (SSSR count). The minimum absolute atomic E-state index is 0.248. The van der Waals surface area contributed by atoms with Crippen molar-refractivity contribution in [1.29, 1.82) is 0 Å². The lowest BCUT2D eigenvalue weighted by Crippen LogP contribution is -2.16. The van der Waals surface area contributed by atoms with Gasteiger partial charge in [0.1, 0.15) is 0 Å². The zero-order valence-electron chi connectivity index (χ0n) is 24.8. The van der Waals surface area contributed by atoms with Crippen LogP contribution in [0.4, 0.5) is 0 Å². The van der Waals surface area contributed by atoms with Crippen LogP contribution in [0, 0.1) is 6.92 Å². The number of fused-ring (bicyclic) bond motifs is 6. The summed E-state index contributed by atoms with van der Waals surface area (Å²) >= 11 is 5.20. The van der Waals surface area contributed by atoms with E-state index in [1.165, 1.54) is 66.8 Å². The fourth-order valence-electron chi connectivity index (χ4n) is 7.49. The highest BCUT2D eigenvalue weighted by Crippen LogP contribution is 2.50. The quantitative estimate of drug-likeness (QED) is 0.200. The average Bonchev–Trinajstić information content (AvgIpc) is 3.09. The number of hydrogen-bond donors (Lipinski definition) is 1. The van der Waals surface area contributed by atoms with Crippen molar-refractivity contribution in [2.45, 2.75) is 31.1 Å². The summed E-state index contributed by atoms with van der Waals surface area (Å²) in [7, 11) is 0. The molecule has 0 heterocycles. The molecule has 0 fully saturated rings. The Kier molecular flexibility index (Phi) is 6.85. The van der Waals surface area contributed by atoms with E-state index < -0.39 is 0 Å². The molecule has 0 saturated heterocycles. The second-order valence-electron chi connectivity index (χ2n) is 12.2. The lowest BCUT2D eigenvalue weighted by molar-refractivity contribution is 0.720. The van der Waals surface area contributed by atoms with Gasteiger partial charge in [0.05, 0.1) is 0 Å². The molecule has 3 aliphatic carbocycles. The van der Waals surface area contributed by atoms with Crippen LogP contribution in [0.25, 0.3) is 39.0 Å². The molecular formula is C43H34S. The molecule has 1 heteroatoms. The van der Waals surface area contributed by atoms with Gasteiger partial charge in [-0.2, -0.15) is 0 Å². The van der Waals surface area contributed by atoms with Crippen LogP contribution in [-0.4, -0.2) is 0 Å². The molecular weight excluding hydrogens is 549 g/mol. The van der Waals surface area contributed by atoms with Gasteiger partial charge in [0.25, 0.3) is 0 Å². The molecule has 0 spiro atoms. The van der Waals surface area contributed by atoms with Gasteiger partial charge in [0.2, 0.25) is 0 Å². The number of rotatable bonds is 4. The summed E-state index contributed by atoms with van der Waals surface area (Å²) in [4.78, 5) is 1.14. The summed E-state index contributed by atoms with van der Waals surface area (Å²) in [5, 5.41) is 0. The lowest BCUT2D eigenvalue weighted by atomic mass is 9.69. The van der Waals surface area contributed by atoms with Crippen molar-refractivity contribution >= 4 is 18.2 Å². The fourth-order valence-corrected chi connectivity index (χ4v) is 7.94. The normalized spacial score (nSPS) is 19.8. The van der Waals surface area contributed by atoms with Gasteiger partial charge < -0.3 is 0 Å². The largest absolute Gasteiger partial charge is 0.147 e. The van der Waals surface area contributed by atoms with Crippen molar-refractivity contribution < 1.29 is 0 Å². The Morgan fingerprint density at radius 3 is 2.02 bits per heavy atom. The standard InChI is InChI=1S/C43H34S/c1-28-33(32-25-26-40-38-15-6-5-13-36(38)37-14-7-8-16-39(37)42(40)27-32)17-9-18-34(28)41-20-10-19-35(43(41)44)31-23-21-30(22-24-31)29-11-3-2-4-12-29/h2-18,20-27,35,37,39,44H,19H2,1H3. The van der Waals surface area contributed by atoms with Crippen LogP contribution in [0.2, 0.25) is 0 Å². The molecule has 3 atom stereocenters. The van der Waals surface area contributed by atoms with Gasteiger partial charge in [-0.3, -0.25) is 0 Å². The minimum Gasteiger partial charge on any atom is -0.147 e. The summed E-state index contributed by atoms with van der Waals surface area (Å²) in [6.07, 6.45) is 14.7. The highest BCUT2D eigenvalue weighted by molar-refractivity contribution is 7.84. The van der Waals surface area contributed by atoms with Gasteiger partial charge in [0.15, 0.2) is 0 Å². The van der Waals surface area contributed by atoms with E-state index in [0.717, 1.165) is 11.3 Å². The topological polar surface area (TPSA) is 0 Å². The first-order valence-electron chi connectivity index (χ1n) is 15.6. The molecule has 0 N–H and O–H groups in total. The monoisotopic (exact) mass is 582 g/mol. The van der Waals surface area contributed by atoms with Crippen molar-refractivity contribution in [3.05, 3.63) is 184 Å². The van der Waals surface area contributed by atoms with Gasteiger partial charge in [-0.25, -0.2) is 0 Å². The van der Waals surface area contributed by atoms with Crippen molar-refractivity contribution in [3.8, 4) is 33.4 Å². The van der Waals surface area contributed by atoms with Crippen LogP contribution in [0.1, 0.15) is 52.0 Å². The highest BCUT2D eigenvalue weighted by Gasteiger charge is 2.32. The SMILES string of the molecule is Cc1c(C2=C(S)C(c3ccc(-c4ccccc4)cc3)CC=C2)cccc1-c1ccc2c(c1)C1C=CC=CC1c1ccccc1-2. The maximum Gasteiger partial charge on any atom is 0.0187 e. The first kappa shape index (κ1) is 27.0. The third-order valence-corrected chi connectivity index (χ3v) is 10.3. The van der Waals surface area contributed by atoms with Crippen LogP contribution < -0.4 is 0 Å². The van der Waals surface area contributed by atoms with E-state index >= 15 is 0 Å². The third-order valence-electron chi connectivity index (χ3n) is 9.77. The Labute approximate surface area is 266 Å². The van der Waals surface area contributed by atoms with E-state index in [-0.39, 0.29) is 5.92 Å². The van der Waals surface area contributed by atoms with Crippen LogP contribution >= 0.6 is 12.6 Å². The van der Waals surface area contributed by atoms with E-state index in [0.29, 0.717) is 11.8 Å². The van der Waals surface area contributed by atoms with Crippen molar-refractivity contribution in [2.24, 2.45) is 0 Å².